The minimum absolute atomic E-state index is 0.0612. The zero-order valence-electron chi connectivity index (χ0n) is 13.0. The van der Waals surface area contributed by atoms with Crippen LogP contribution in [-0.2, 0) is 0 Å². The molecule has 0 saturated heterocycles. The van der Waals surface area contributed by atoms with Crippen LogP contribution in [0.1, 0.15) is 52.0 Å². The summed E-state index contributed by atoms with van der Waals surface area (Å²) in [4.78, 5) is 10.7. The highest BCUT2D eigenvalue weighted by molar-refractivity contribution is 5.68. The van der Waals surface area contributed by atoms with Crippen LogP contribution in [0, 0.1) is 26.9 Å². The number of nitriles is 1. The molecule has 5 nitrogen and oxygen atoms in total. The van der Waals surface area contributed by atoms with E-state index in [0.29, 0.717) is 12.2 Å². The van der Waals surface area contributed by atoms with Crippen molar-refractivity contribution in [1.29, 1.82) is 5.26 Å². The van der Waals surface area contributed by atoms with Crippen molar-refractivity contribution in [2.24, 2.45) is 5.41 Å². The minimum Gasteiger partial charge on any atom is -0.379 e. The highest BCUT2D eigenvalue weighted by atomic mass is 16.6. The van der Waals surface area contributed by atoms with Gasteiger partial charge in [-0.2, -0.15) is 5.26 Å². The van der Waals surface area contributed by atoms with Crippen molar-refractivity contribution < 1.29 is 4.92 Å². The molecule has 0 radical (unpaired) electrons. The van der Waals surface area contributed by atoms with Gasteiger partial charge in [-0.3, -0.25) is 10.1 Å². The van der Waals surface area contributed by atoms with Crippen molar-refractivity contribution in [2.45, 2.75) is 46.5 Å². The van der Waals surface area contributed by atoms with Gasteiger partial charge in [-0.15, -0.1) is 0 Å². The number of para-hydroxylation sites is 1. The third-order valence-corrected chi connectivity index (χ3v) is 3.55. The molecule has 0 unspecified atom stereocenters. The Kier molecular flexibility index (Phi) is 6.16. The van der Waals surface area contributed by atoms with Crippen LogP contribution in [0.3, 0.4) is 0 Å². The van der Waals surface area contributed by atoms with Gasteiger partial charge in [0.05, 0.1) is 4.92 Å². The van der Waals surface area contributed by atoms with Gasteiger partial charge in [0, 0.05) is 6.54 Å². The highest BCUT2D eigenvalue weighted by Crippen LogP contribution is 2.30. The highest BCUT2D eigenvalue weighted by Gasteiger charge is 2.22. The lowest BCUT2D eigenvalue weighted by Gasteiger charge is -2.25. The molecule has 1 aromatic rings. The summed E-state index contributed by atoms with van der Waals surface area (Å²) in [5.74, 6) is 0. The number of rotatable bonds is 8. The van der Waals surface area contributed by atoms with E-state index in [0.717, 1.165) is 12.8 Å². The Balaban J connectivity index is 2.80. The number of nitro benzene ring substituents is 1. The van der Waals surface area contributed by atoms with Crippen molar-refractivity contribution in [3.8, 4) is 6.07 Å². The molecule has 1 rings (SSSR count). The van der Waals surface area contributed by atoms with Crippen molar-refractivity contribution >= 4 is 11.4 Å². The average molecular weight is 289 g/mol. The van der Waals surface area contributed by atoms with Crippen LogP contribution >= 0.6 is 0 Å². The summed E-state index contributed by atoms with van der Waals surface area (Å²) < 4.78 is 0. The van der Waals surface area contributed by atoms with Gasteiger partial charge in [0.1, 0.15) is 17.3 Å². The van der Waals surface area contributed by atoms with E-state index < -0.39 is 4.92 Å². The number of benzene rings is 1. The molecule has 0 aliphatic heterocycles. The lowest BCUT2D eigenvalue weighted by atomic mass is 9.87. The molecule has 0 heterocycles. The first kappa shape index (κ1) is 17.0. The first-order valence-corrected chi connectivity index (χ1v) is 7.32. The van der Waals surface area contributed by atoms with Gasteiger partial charge in [-0.25, -0.2) is 0 Å². The number of unbranched alkanes of at least 4 members (excludes halogenated alkanes) is 2. The largest absolute Gasteiger partial charge is 0.379 e. The molecule has 114 valence electrons. The second-order valence-corrected chi connectivity index (χ2v) is 6.05. The molecule has 1 aromatic carbocycles. The lowest BCUT2D eigenvalue weighted by molar-refractivity contribution is -0.384. The van der Waals surface area contributed by atoms with Crippen molar-refractivity contribution in [3.05, 3.63) is 33.9 Å². The van der Waals surface area contributed by atoms with E-state index in [4.69, 9.17) is 5.26 Å². The smallest absolute Gasteiger partial charge is 0.309 e. The summed E-state index contributed by atoms with van der Waals surface area (Å²) in [6.45, 7) is 7.11. The zero-order chi connectivity index (χ0) is 15.9. The molecule has 1 N–H and O–H groups in total. The van der Waals surface area contributed by atoms with Gasteiger partial charge in [0.25, 0.3) is 0 Å². The zero-order valence-corrected chi connectivity index (χ0v) is 13.0. The molecule has 0 aliphatic carbocycles. The SMILES string of the molecule is CCCCCC(C)(C)CNc1cccc(C#N)c1[N+](=O)[O-]. The van der Waals surface area contributed by atoms with E-state index in [1.165, 1.54) is 18.9 Å². The Hall–Kier alpha value is -2.09. The monoisotopic (exact) mass is 289 g/mol. The van der Waals surface area contributed by atoms with Crippen LogP contribution in [-0.4, -0.2) is 11.5 Å². The van der Waals surface area contributed by atoms with Gasteiger partial charge in [-0.1, -0.05) is 46.1 Å². The summed E-state index contributed by atoms with van der Waals surface area (Å²) in [6.07, 6.45) is 4.61. The molecule has 0 atom stereocenters. The van der Waals surface area contributed by atoms with Crippen molar-refractivity contribution in [2.75, 3.05) is 11.9 Å². The number of nitro groups is 1. The predicted octanol–water partition coefficient (Wildman–Crippen LogP) is 4.48. The fourth-order valence-corrected chi connectivity index (χ4v) is 2.25. The van der Waals surface area contributed by atoms with E-state index >= 15 is 0 Å². The molecule has 0 saturated carbocycles. The Morgan fingerprint density at radius 3 is 2.67 bits per heavy atom. The van der Waals surface area contributed by atoms with E-state index in [9.17, 15) is 10.1 Å². The van der Waals surface area contributed by atoms with Gasteiger partial charge in [0.2, 0.25) is 0 Å². The third kappa shape index (κ3) is 5.07. The maximum atomic E-state index is 11.2. The second-order valence-electron chi connectivity index (χ2n) is 6.05. The molecular formula is C16H23N3O2. The summed E-state index contributed by atoms with van der Waals surface area (Å²) >= 11 is 0. The summed E-state index contributed by atoms with van der Waals surface area (Å²) in [5.41, 5.74) is 0.437. The predicted molar refractivity (Wildman–Crippen MR) is 84.2 cm³/mol. The number of nitrogens with zero attached hydrogens (tertiary/aromatic N) is 2. The molecule has 0 amide bonds. The first-order chi connectivity index (χ1) is 9.91. The molecule has 0 aromatic heterocycles. The molecule has 0 spiro atoms. The van der Waals surface area contributed by atoms with E-state index in [2.05, 4.69) is 26.1 Å². The molecule has 0 bridgehead atoms. The molecule has 21 heavy (non-hydrogen) atoms. The van der Waals surface area contributed by atoms with Crippen LogP contribution in [0.2, 0.25) is 0 Å². The summed E-state index contributed by atoms with van der Waals surface area (Å²) in [7, 11) is 0. The number of hydrogen-bond donors (Lipinski definition) is 1. The standard InChI is InChI=1S/C16H23N3O2/c1-4-5-6-10-16(2,3)12-18-14-9-7-8-13(11-17)15(14)19(20)21/h7-9,18H,4-6,10,12H2,1-3H3. The average Bonchev–Trinajstić information content (AvgIpc) is 2.44. The van der Waals surface area contributed by atoms with Crippen LogP contribution in [0.15, 0.2) is 18.2 Å². The Morgan fingerprint density at radius 2 is 2.10 bits per heavy atom. The van der Waals surface area contributed by atoms with Crippen LogP contribution in [0.5, 0.6) is 0 Å². The maximum Gasteiger partial charge on any atom is 0.309 e. The van der Waals surface area contributed by atoms with Gasteiger partial charge in [0.15, 0.2) is 0 Å². The summed E-state index contributed by atoms with van der Waals surface area (Å²) in [5, 5.41) is 23.3. The fourth-order valence-electron chi connectivity index (χ4n) is 2.25. The molecule has 0 aliphatic rings. The fraction of sp³-hybridized carbons (Fsp3) is 0.562. The number of hydrogen-bond acceptors (Lipinski definition) is 4. The quantitative estimate of drug-likeness (QED) is 0.434. The van der Waals surface area contributed by atoms with Crippen LogP contribution in [0.25, 0.3) is 0 Å². The Bertz CT molecular complexity index is 533. The summed E-state index contributed by atoms with van der Waals surface area (Å²) in [6, 6.07) is 6.66. The Morgan fingerprint density at radius 1 is 1.38 bits per heavy atom. The van der Waals surface area contributed by atoms with Crippen molar-refractivity contribution in [3.63, 3.8) is 0 Å². The normalized spacial score (nSPS) is 11.0. The van der Waals surface area contributed by atoms with E-state index in [1.54, 1.807) is 12.1 Å². The number of anilines is 1. The van der Waals surface area contributed by atoms with Gasteiger partial charge >= 0.3 is 5.69 Å². The molecule has 0 fully saturated rings. The van der Waals surface area contributed by atoms with E-state index in [-0.39, 0.29) is 16.7 Å². The maximum absolute atomic E-state index is 11.2. The topological polar surface area (TPSA) is 79.0 Å². The molecule has 5 heteroatoms. The van der Waals surface area contributed by atoms with Crippen LogP contribution in [0.4, 0.5) is 11.4 Å². The Labute approximate surface area is 126 Å². The molecular weight excluding hydrogens is 266 g/mol. The second kappa shape index (κ2) is 7.63. The van der Waals surface area contributed by atoms with Crippen LogP contribution < -0.4 is 5.32 Å². The first-order valence-electron chi connectivity index (χ1n) is 7.32. The minimum atomic E-state index is -0.495. The third-order valence-electron chi connectivity index (χ3n) is 3.55. The van der Waals surface area contributed by atoms with Crippen molar-refractivity contribution in [1.82, 2.24) is 0 Å². The van der Waals surface area contributed by atoms with Gasteiger partial charge in [-0.05, 0) is 24.0 Å². The lowest BCUT2D eigenvalue weighted by Crippen LogP contribution is -2.23. The van der Waals surface area contributed by atoms with Gasteiger partial charge < -0.3 is 5.32 Å². The number of nitrogens with one attached hydrogen (secondary N) is 1. The van der Waals surface area contributed by atoms with E-state index in [1.807, 2.05) is 6.07 Å².